The fourth-order valence-corrected chi connectivity index (χ4v) is 2.02. The maximum atomic E-state index is 13.6. The Labute approximate surface area is 111 Å². The van der Waals surface area contributed by atoms with Crippen molar-refractivity contribution in [3.8, 4) is 5.69 Å². The van der Waals surface area contributed by atoms with Crippen molar-refractivity contribution < 1.29 is 14.3 Å². The highest BCUT2D eigenvalue weighted by atomic mass is 79.9. The molecule has 4 nitrogen and oxygen atoms in total. The molecular formula is C12H10BrFN2O2. The first-order valence-corrected chi connectivity index (χ1v) is 6.08. The molecule has 1 heterocycles. The molecule has 0 aliphatic heterocycles. The summed E-state index contributed by atoms with van der Waals surface area (Å²) >= 11 is 3.29. The summed E-state index contributed by atoms with van der Waals surface area (Å²) in [5.74, 6) is -1.26. The number of rotatable bonds is 4. The van der Waals surface area contributed by atoms with Gasteiger partial charge in [0.2, 0.25) is 0 Å². The number of carboxylic acid groups (broad SMARTS) is 1. The number of halogens is 2. The van der Waals surface area contributed by atoms with E-state index in [0.29, 0.717) is 22.3 Å². The number of nitrogens with zero attached hydrogens (tertiary/aromatic N) is 2. The normalized spacial score (nSPS) is 10.6. The van der Waals surface area contributed by atoms with Gasteiger partial charge in [0.15, 0.2) is 0 Å². The molecule has 18 heavy (non-hydrogen) atoms. The molecule has 1 aromatic heterocycles. The molecule has 0 aliphatic carbocycles. The summed E-state index contributed by atoms with van der Waals surface area (Å²) in [6, 6.07) is 6.27. The van der Waals surface area contributed by atoms with Gasteiger partial charge in [0.05, 0.1) is 16.6 Å². The van der Waals surface area contributed by atoms with Gasteiger partial charge in [-0.05, 0) is 28.1 Å². The molecule has 2 aromatic rings. The van der Waals surface area contributed by atoms with Crippen LogP contribution < -0.4 is 0 Å². The van der Waals surface area contributed by atoms with Crippen molar-refractivity contribution in [2.75, 3.05) is 0 Å². The highest BCUT2D eigenvalue weighted by Crippen LogP contribution is 2.20. The van der Waals surface area contributed by atoms with Gasteiger partial charge in [-0.2, -0.15) is 5.10 Å². The van der Waals surface area contributed by atoms with Crippen molar-refractivity contribution in [3.05, 3.63) is 46.4 Å². The number of para-hydroxylation sites is 1. The van der Waals surface area contributed by atoms with Gasteiger partial charge >= 0.3 is 5.97 Å². The third-order valence-electron chi connectivity index (χ3n) is 2.41. The number of carbonyl (C=O) groups is 1. The SMILES string of the molecule is O=C(O)CCc1nn(-c2ccccc2F)cc1Br. The lowest BCUT2D eigenvalue weighted by Gasteiger charge is -2.01. The Bertz CT molecular complexity index is 583. The molecule has 0 spiro atoms. The van der Waals surface area contributed by atoms with E-state index in [9.17, 15) is 9.18 Å². The van der Waals surface area contributed by atoms with E-state index in [4.69, 9.17) is 5.11 Å². The number of aromatic nitrogens is 2. The molecule has 1 N–H and O–H groups in total. The summed E-state index contributed by atoms with van der Waals surface area (Å²) in [6.45, 7) is 0. The highest BCUT2D eigenvalue weighted by Gasteiger charge is 2.11. The largest absolute Gasteiger partial charge is 0.481 e. The summed E-state index contributed by atoms with van der Waals surface area (Å²) in [4.78, 5) is 10.5. The minimum absolute atomic E-state index is 0.00706. The van der Waals surface area contributed by atoms with Gasteiger partial charge in [-0.25, -0.2) is 9.07 Å². The molecule has 0 atom stereocenters. The van der Waals surface area contributed by atoms with Crippen LogP contribution in [0.15, 0.2) is 34.9 Å². The minimum Gasteiger partial charge on any atom is -0.481 e. The second-order valence-electron chi connectivity index (χ2n) is 3.71. The Morgan fingerprint density at radius 1 is 1.44 bits per heavy atom. The molecule has 1 aromatic carbocycles. The van der Waals surface area contributed by atoms with Crippen molar-refractivity contribution >= 4 is 21.9 Å². The lowest BCUT2D eigenvalue weighted by molar-refractivity contribution is -0.136. The first-order valence-electron chi connectivity index (χ1n) is 5.28. The molecule has 0 amide bonds. The topological polar surface area (TPSA) is 55.1 Å². The summed E-state index contributed by atoms with van der Waals surface area (Å²) in [7, 11) is 0. The molecule has 2 rings (SSSR count). The maximum Gasteiger partial charge on any atom is 0.303 e. The van der Waals surface area contributed by atoms with E-state index in [1.807, 2.05) is 0 Å². The molecule has 0 fully saturated rings. The molecule has 0 unspecified atom stereocenters. The number of hydrogen-bond donors (Lipinski definition) is 1. The third-order valence-corrected chi connectivity index (χ3v) is 3.08. The van der Waals surface area contributed by atoms with Crippen molar-refractivity contribution in [1.82, 2.24) is 9.78 Å². The number of benzene rings is 1. The maximum absolute atomic E-state index is 13.6. The van der Waals surface area contributed by atoms with Crippen LogP contribution in [0.5, 0.6) is 0 Å². The van der Waals surface area contributed by atoms with Crippen LogP contribution in [0.3, 0.4) is 0 Å². The zero-order valence-electron chi connectivity index (χ0n) is 9.31. The van der Waals surface area contributed by atoms with E-state index < -0.39 is 5.97 Å². The monoisotopic (exact) mass is 312 g/mol. The minimum atomic E-state index is -0.887. The molecule has 0 aliphatic rings. The Morgan fingerprint density at radius 2 is 2.17 bits per heavy atom. The quantitative estimate of drug-likeness (QED) is 0.944. The first-order chi connectivity index (χ1) is 8.58. The van der Waals surface area contributed by atoms with Gasteiger partial charge in [-0.15, -0.1) is 0 Å². The van der Waals surface area contributed by atoms with E-state index in [2.05, 4.69) is 21.0 Å². The average molecular weight is 313 g/mol. The van der Waals surface area contributed by atoms with E-state index >= 15 is 0 Å². The Hall–Kier alpha value is -1.69. The number of aryl methyl sites for hydroxylation is 1. The van der Waals surface area contributed by atoms with E-state index in [0.717, 1.165) is 0 Å². The Morgan fingerprint density at radius 3 is 2.83 bits per heavy atom. The lowest BCUT2D eigenvalue weighted by atomic mass is 10.2. The van der Waals surface area contributed by atoms with Crippen LogP contribution in [0.2, 0.25) is 0 Å². The van der Waals surface area contributed by atoms with Crippen LogP contribution in [0, 0.1) is 5.82 Å². The number of carboxylic acids is 1. The second kappa shape index (κ2) is 5.30. The molecule has 6 heteroatoms. The Kier molecular flexibility index (Phi) is 3.76. The van der Waals surface area contributed by atoms with Crippen LogP contribution in [0.4, 0.5) is 4.39 Å². The molecule has 94 valence electrons. The van der Waals surface area contributed by atoms with Crippen LogP contribution in [-0.4, -0.2) is 20.9 Å². The average Bonchev–Trinajstić information content (AvgIpc) is 2.68. The third kappa shape index (κ3) is 2.76. The molecule has 0 radical (unpaired) electrons. The fraction of sp³-hybridized carbons (Fsp3) is 0.167. The fourth-order valence-electron chi connectivity index (χ4n) is 1.54. The van der Waals surface area contributed by atoms with E-state index in [1.165, 1.54) is 10.7 Å². The van der Waals surface area contributed by atoms with Crippen LogP contribution in [-0.2, 0) is 11.2 Å². The second-order valence-corrected chi connectivity index (χ2v) is 4.57. The smallest absolute Gasteiger partial charge is 0.303 e. The van der Waals surface area contributed by atoms with Crippen molar-refractivity contribution in [2.24, 2.45) is 0 Å². The summed E-state index contributed by atoms with van der Waals surface area (Å²) in [5.41, 5.74) is 0.931. The zero-order valence-corrected chi connectivity index (χ0v) is 10.9. The molecule has 0 saturated carbocycles. The standard InChI is InChI=1S/C12H10BrFN2O2/c13-8-7-16(11-4-2-1-3-9(11)14)15-10(8)5-6-12(17)18/h1-4,7H,5-6H2,(H,17,18). The lowest BCUT2D eigenvalue weighted by Crippen LogP contribution is -2.01. The molecule has 0 bridgehead atoms. The van der Waals surface area contributed by atoms with Gasteiger partial charge in [0, 0.05) is 12.6 Å². The van der Waals surface area contributed by atoms with Gasteiger partial charge < -0.3 is 5.11 Å². The van der Waals surface area contributed by atoms with Gasteiger partial charge in [-0.3, -0.25) is 4.79 Å². The summed E-state index contributed by atoms with van der Waals surface area (Å²) < 4.78 is 15.6. The van der Waals surface area contributed by atoms with Crippen molar-refractivity contribution in [3.63, 3.8) is 0 Å². The molecular weight excluding hydrogens is 303 g/mol. The first kappa shape index (κ1) is 12.8. The van der Waals surface area contributed by atoms with Gasteiger partial charge in [0.1, 0.15) is 11.5 Å². The highest BCUT2D eigenvalue weighted by molar-refractivity contribution is 9.10. The van der Waals surface area contributed by atoms with Crippen LogP contribution in [0.1, 0.15) is 12.1 Å². The zero-order chi connectivity index (χ0) is 13.1. The predicted octanol–water partition coefficient (Wildman–Crippen LogP) is 2.79. The Balaban J connectivity index is 2.29. The van der Waals surface area contributed by atoms with Crippen molar-refractivity contribution in [1.29, 1.82) is 0 Å². The van der Waals surface area contributed by atoms with Crippen molar-refractivity contribution in [2.45, 2.75) is 12.8 Å². The van der Waals surface area contributed by atoms with E-state index in [-0.39, 0.29) is 12.2 Å². The van der Waals surface area contributed by atoms with Gasteiger partial charge in [0.25, 0.3) is 0 Å². The summed E-state index contributed by atoms with van der Waals surface area (Å²) in [5, 5.41) is 12.8. The van der Waals surface area contributed by atoms with Crippen LogP contribution >= 0.6 is 15.9 Å². The van der Waals surface area contributed by atoms with Crippen LogP contribution in [0.25, 0.3) is 5.69 Å². The summed E-state index contributed by atoms with van der Waals surface area (Å²) in [6.07, 6.45) is 1.92. The number of aliphatic carboxylic acids is 1. The molecule has 0 saturated heterocycles. The predicted molar refractivity (Wildman–Crippen MR) is 67.2 cm³/mol. The van der Waals surface area contributed by atoms with E-state index in [1.54, 1.807) is 24.4 Å². The number of hydrogen-bond acceptors (Lipinski definition) is 2. The van der Waals surface area contributed by atoms with Gasteiger partial charge in [-0.1, -0.05) is 12.1 Å².